The van der Waals surface area contributed by atoms with Gasteiger partial charge in [-0.3, -0.25) is 9.10 Å². The molecule has 3 atom stereocenters. The van der Waals surface area contributed by atoms with Crippen molar-refractivity contribution in [1.29, 1.82) is 0 Å². The van der Waals surface area contributed by atoms with Crippen LogP contribution in [-0.4, -0.2) is 55.8 Å². The molecule has 1 aromatic heterocycles. The third-order valence-electron chi connectivity index (χ3n) is 11.5. The molecule has 0 spiro atoms. The van der Waals surface area contributed by atoms with Gasteiger partial charge in [0.2, 0.25) is 0 Å². The summed E-state index contributed by atoms with van der Waals surface area (Å²) in [6.07, 6.45) is -3.30. The first kappa shape index (κ1) is 42.6. The Kier molecular flexibility index (Phi) is 11.9. The van der Waals surface area contributed by atoms with E-state index in [2.05, 4.69) is 10.3 Å². The second kappa shape index (κ2) is 16.8. The number of nitrogens with zero attached hydrogens (tertiary/aromatic N) is 3. The number of carbonyl (C=O) groups is 2. The molecule has 60 heavy (non-hydrogen) atoms. The predicted octanol–water partition coefficient (Wildman–Crippen LogP) is 8.89. The molecular formula is C45H49F3N4O7S. The third kappa shape index (κ3) is 9.25. The van der Waals surface area contributed by atoms with Crippen LogP contribution in [0, 0.1) is 30.6 Å². The number of aryl methyl sites for hydroxylation is 1. The van der Waals surface area contributed by atoms with Crippen molar-refractivity contribution in [3.63, 3.8) is 0 Å². The summed E-state index contributed by atoms with van der Waals surface area (Å²) in [7, 11) is -2.54. The van der Waals surface area contributed by atoms with Gasteiger partial charge in [-0.2, -0.15) is 13.2 Å². The number of benzene rings is 4. The fourth-order valence-corrected chi connectivity index (χ4v) is 9.68. The monoisotopic (exact) mass is 846 g/mol. The van der Waals surface area contributed by atoms with Gasteiger partial charge in [-0.05, 0) is 118 Å². The van der Waals surface area contributed by atoms with Crippen molar-refractivity contribution in [1.82, 2.24) is 14.9 Å². The highest BCUT2D eigenvalue weighted by atomic mass is 32.2. The maximum Gasteiger partial charge on any atom is 0.416 e. The number of alkyl carbamates (subject to hydrolysis) is 1. The van der Waals surface area contributed by atoms with Crippen molar-refractivity contribution >= 4 is 38.8 Å². The number of fused-ring (bicyclic) bond motifs is 3. The average Bonchev–Trinajstić information content (AvgIpc) is 3.51. The van der Waals surface area contributed by atoms with Gasteiger partial charge in [-0.15, -0.1) is 0 Å². The summed E-state index contributed by atoms with van der Waals surface area (Å²) < 4.78 is 88.0. The van der Waals surface area contributed by atoms with E-state index >= 15 is 0 Å². The summed E-state index contributed by atoms with van der Waals surface area (Å²) in [4.78, 5) is 30.9. The van der Waals surface area contributed by atoms with Crippen LogP contribution in [0.25, 0.3) is 11.0 Å². The molecule has 3 aliphatic rings. The normalized spacial score (nSPS) is 20.2. The van der Waals surface area contributed by atoms with Gasteiger partial charge < -0.3 is 24.1 Å². The number of alkyl halides is 3. The Labute approximate surface area is 347 Å². The Bertz CT molecular complexity index is 2430. The van der Waals surface area contributed by atoms with Crippen LogP contribution in [0.5, 0.6) is 5.75 Å². The summed E-state index contributed by atoms with van der Waals surface area (Å²) >= 11 is 0. The Morgan fingerprint density at radius 2 is 1.60 bits per heavy atom. The number of imidazole rings is 1. The molecule has 3 saturated carbocycles. The van der Waals surface area contributed by atoms with Crippen LogP contribution in [0.1, 0.15) is 62.0 Å². The minimum Gasteiger partial charge on any atom is -0.493 e. The minimum atomic E-state index is -4.47. The second-order valence-corrected chi connectivity index (χ2v) is 18.6. The zero-order valence-electron chi connectivity index (χ0n) is 34.1. The van der Waals surface area contributed by atoms with Crippen molar-refractivity contribution in [2.45, 2.75) is 76.3 Å². The lowest BCUT2D eigenvalue weighted by molar-refractivity contribution is -0.163. The van der Waals surface area contributed by atoms with E-state index in [1.165, 1.54) is 35.6 Å². The van der Waals surface area contributed by atoms with Gasteiger partial charge in [0.1, 0.15) is 23.8 Å². The number of anilines is 1. The lowest BCUT2D eigenvalue weighted by Crippen LogP contribution is -2.52. The number of ether oxygens (including phenoxy) is 3. The average molecular weight is 847 g/mol. The van der Waals surface area contributed by atoms with Gasteiger partial charge in [-0.25, -0.2) is 18.2 Å². The quantitative estimate of drug-likeness (QED) is 0.116. The highest BCUT2D eigenvalue weighted by molar-refractivity contribution is 7.92. The van der Waals surface area contributed by atoms with Crippen LogP contribution >= 0.6 is 0 Å². The van der Waals surface area contributed by atoms with E-state index in [0.29, 0.717) is 23.6 Å². The summed E-state index contributed by atoms with van der Waals surface area (Å²) in [6, 6.07) is 25.8. The highest BCUT2D eigenvalue weighted by Gasteiger charge is 2.55. The van der Waals surface area contributed by atoms with E-state index in [0.717, 1.165) is 41.6 Å². The van der Waals surface area contributed by atoms with Crippen molar-refractivity contribution < 1.29 is 45.4 Å². The minimum absolute atomic E-state index is 0.0583. The van der Waals surface area contributed by atoms with E-state index in [1.54, 1.807) is 39.0 Å². The number of hydrogen-bond acceptors (Lipinski definition) is 8. The number of aromatic nitrogens is 2. The summed E-state index contributed by atoms with van der Waals surface area (Å²) in [5, 5.41) is 2.74. The molecule has 8 rings (SSSR count). The Balaban J connectivity index is 1.08. The number of sulfonamides is 1. The lowest BCUT2D eigenvalue weighted by atomic mass is 9.50. The standard InChI is InChI=1S/C45H49F3N4O7S/c1-28-50-38-25-36(19-20-39(38)52(28)22-21-49-43(54)59-44(2,3)4)60(55,56)51(5)34-15-11-30(12-16-34)40-32-23-31(24-32)37(27-57-35-17-13-33(14-18-35)45(46,47)48)41(40)42(53)58-26-29-9-7-6-8-10-29/h6-20,25,31-32,37,40-41H,21-24,26-27H2,1-5H3,(H,49,54)/t31?,32?,37-,40+,41+/m1/s1. The molecule has 2 bridgehead atoms. The first-order valence-electron chi connectivity index (χ1n) is 19.9. The zero-order valence-corrected chi connectivity index (χ0v) is 34.9. The van der Waals surface area contributed by atoms with Crippen LogP contribution in [0.4, 0.5) is 23.7 Å². The van der Waals surface area contributed by atoms with E-state index < -0.39 is 39.4 Å². The Hall–Kier alpha value is -5.57. The molecule has 0 unspecified atom stereocenters. The fraction of sp³-hybridized carbons (Fsp3) is 0.400. The Morgan fingerprint density at radius 1 is 0.917 bits per heavy atom. The third-order valence-corrected chi connectivity index (χ3v) is 13.3. The van der Waals surface area contributed by atoms with Crippen molar-refractivity contribution in [2.24, 2.45) is 23.7 Å². The molecular weight excluding hydrogens is 798 g/mol. The molecule has 1 heterocycles. The molecule has 3 aliphatic carbocycles. The number of halogens is 3. The van der Waals surface area contributed by atoms with Crippen molar-refractivity contribution in [3.05, 3.63) is 120 Å². The molecule has 11 nitrogen and oxygen atoms in total. The molecule has 4 aromatic carbocycles. The largest absolute Gasteiger partial charge is 0.493 e. The first-order valence-corrected chi connectivity index (χ1v) is 21.4. The van der Waals surface area contributed by atoms with Gasteiger partial charge in [-0.1, -0.05) is 42.5 Å². The number of nitrogens with one attached hydrogen (secondary N) is 1. The van der Waals surface area contributed by atoms with E-state index in [1.807, 2.05) is 54.0 Å². The molecule has 318 valence electrons. The molecule has 15 heteroatoms. The number of esters is 1. The van der Waals surface area contributed by atoms with E-state index in [-0.39, 0.29) is 60.0 Å². The number of carbonyl (C=O) groups excluding carboxylic acids is 2. The van der Waals surface area contributed by atoms with Gasteiger partial charge in [0.05, 0.1) is 39.7 Å². The van der Waals surface area contributed by atoms with Gasteiger partial charge >= 0.3 is 18.2 Å². The van der Waals surface area contributed by atoms with Crippen molar-refractivity contribution in [2.75, 3.05) is 24.5 Å². The molecule has 0 radical (unpaired) electrons. The lowest BCUT2D eigenvalue weighted by Gasteiger charge is -2.55. The predicted molar refractivity (Wildman–Crippen MR) is 220 cm³/mol. The van der Waals surface area contributed by atoms with Crippen LogP contribution in [0.3, 0.4) is 0 Å². The second-order valence-electron chi connectivity index (χ2n) is 16.6. The zero-order chi connectivity index (χ0) is 43.0. The summed E-state index contributed by atoms with van der Waals surface area (Å²) in [6.45, 7) is 8.07. The van der Waals surface area contributed by atoms with Crippen molar-refractivity contribution in [3.8, 4) is 5.75 Å². The summed E-state index contributed by atoms with van der Waals surface area (Å²) in [5.74, 6) is -0.209. The smallest absolute Gasteiger partial charge is 0.416 e. The van der Waals surface area contributed by atoms with Crippen LogP contribution in [-0.2, 0) is 43.6 Å². The van der Waals surface area contributed by atoms with Gasteiger partial charge in [0.15, 0.2) is 0 Å². The molecule has 5 aromatic rings. The number of amides is 1. The topological polar surface area (TPSA) is 129 Å². The summed E-state index contributed by atoms with van der Waals surface area (Å²) in [5.41, 5.74) is 1.93. The van der Waals surface area contributed by atoms with E-state index in [4.69, 9.17) is 14.2 Å². The molecule has 0 aliphatic heterocycles. The fourth-order valence-electron chi connectivity index (χ4n) is 8.46. The number of rotatable bonds is 13. The van der Waals surface area contributed by atoms with Gasteiger partial charge in [0, 0.05) is 32.0 Å². The van der Waals surface area contributed by atoms with Gasteiger partial charge in [0.25, 0.3) is 10.0 Å². The maximum atomic E-state index is 14.1. The molecule has 3 fully saturated rings. The maximum absolute atomic E-state index is 14.1. The first-order chi connectivity index (χ1) is 28.4. The molecule has 1 N–H and O–H groups in total. The van der Waals surface area contributed by atoms with E-state index in [9.17, 15) is 31.2 Å². The Morgan fingerprint density at radius 3 is 2.25 bits per heavy atom. The SMILES string of the molecule is Cc1nc2cc(S(=O)(=O)N(C)c3ccc([C@H]4C5CC(C5)[C@@H](COc5ccc(C(F)(F)F)cc5)[C@@H]4C(=O)OCc4ccccc4)cc3)ccc2n1CCNC(=O)OC(C)(C)C. The number of hydrogen-bond donors (Lipinski definition) is 1. The van der Waals surface area contributed by atoms with Crippen LogP contribution in [0.2, 0.25) is 0 Å². The molecule has 0 saturated heterocycles. The van der Waals surface area contributed by atoms with Crippen LogP contribution < -0.4 is 14.4 Å². The highest BCUT2D eigenvalue weighted by Crippen LogP contribution is 2.59. The van der Waals surface area contributed by atoms with Crippen LogP contribution in [0.15, 0.2) is 102 Å². The molecule has 1 amide bonds.